The van der Waals surface area contributed by atoms with E-state index in [4.69, 9.17) is 15.3 Å². The van der Waals surface area contributed by atoms with Crippen molar-refractivity contribution in [1.29, 1.82) is 0 Å². The maximum absolute atomic E-state index is 11.1. The molecule has 0 saturated heterocycles. The summed E-state index contributed by atoms with van der Waals surface area (Å²) in [6, 6.07) is 0. The summed E-state index contributed by atoms with van der Waals surface area (Å²) in [6.45, 7) is 7.68. The van der Waals surface area contributed by atoms with Crippen LogP contribution in [0.25, 0.3) is 0 Å². The van der Waals surface area contributed by atoms with Crippen molar-refractivity contribution in [3.05, 3.63) is 34.9 Å². The first-order valence-electron chi connectivity index (χ1n) is 6.71. The van der Waals surface area contributed by atoms with Gasteiger partial charge in [-0.3, -0.25) is 0 Å². The van der Waals surface area contributed by atoms with E-state index in [2.05, 4.69) is 0 Å². The molecule has 122 valence electrons. The molecule has 0 aliphatic rings. The third-order valence-corrected chi connectivity index (χ3v) is 3.41. The van der Waals surface area contributed by atoms with Crippen LogP contribution in [0.15, 0.2) is 34.9 Å². The molecule has 0 aromatic carbocycles. The standard InChI is InChI=1S/C16H22O6/c1-9(2)16(6-10(3)13(17)18,7-11(4)14(19)20)8-12(5)15(21)22/h6-9H,1-5H3,(H,17,18)(H,19,20)(H,21,22). The van der Waals surface area contributed by atoms with Crippen LogP contribution in [0.4, 0.5) is 0 Å². The first-order chi connectivity index (χ1) is 9.92. The van der Waals surface area contributed by atoms with Crippen LogP contribution < -0.4 is 0 Å². The van der Waals surface area contributed by atoms with Gasteiger partial charge in [0.2, 0.25) is 0 Å². The highest BCUT2D eigenvalue weighted by Gasteiger charge is 2.30. The Morgan fingerprint density at radius 1 is 0.727 bits per heavy atom. The second kappa shape index (κ2) is 7.59. The van der Waals surface area contributed by atoms with E-state index >= 15 is 0 Å². The second-order valence-electron chi connectivity index (χ2n) is 5.55. The molecule has 3 N–H and O–H groups in total. The number of carboxylic acid groups (broad SMARTS) is 3. The third kappa shape index (κ3) is 5.20. The Bertz CT molecular complexity index is 489. The molecule has 0 bridgehead atoms. The minimum absolute atomic E-state index is 0.0116. The molecule has 0 aliphatic heterocycles. The van der Waals surface area contributed by atoms with Crippen molar-refractivity contribution in [2.24, 2.45) is 11.3 Å². The third-order valence-electron chi connectivity index (χ3n) is 3.41. The predicted molar refractivity (Wildman–Crippen MR) is 81.4 cm³/mol. The number of carboxylic acids is 3. The van der Waals surface area contributed by atoms with Crippen molar-refractivity contribution < 1.29 is 29.7 Å². The van der Waals surface area contributed by atoms with Crippen LogP contribution in [0.2, 0.25) is 0 Å². The summed E-state index contributed by atoms with van der Waals surface area (Å²) in [5.74, 6) is -3.68. The largest absolute Gasteiger partial charge is 0.478 e. The van der Waals surface area contributed by atoms with Crippen LogP contribution in [0.5, 0.6) is 0 Å². The zero-order chi connectivity index (χ0) is 17.7. The number of carbonyl (C=O) groups is 3. The van der Waals surface area contributed by atoms with E-state index in [0.717, 1.165) is 0 Å². The monoisotopic (exact) mass is 310 g/mol. The van der Waals surface area contributed by atoms with Gasteiger partial charge in [0.05, 0.1) is 0 Å². The lowest BCUT2D eigenvalue weighted by Crippen LogP contribution is -2.24. The molecule has 0 saturated carbocycles. The number of aliphatic carboxylic acids is 3. The Labute approximate surface area is 129 Å². The van der Waals surface area contributed by atoms with Gasteiger partial charge >= 0.3 is 17.9 Å². The highest BCUT2D eigenvalue weighted by Crippen LogP contribution is 2.36. The van der Waals surface area contributed by atoms with Crippen LogP contribution in [0.1, 0.15) is 34.6 Å². The molecule has 0 aliphatic carbocycles. The molecule has 0 aromatic heterocycles. The molecule has 6 nitrogen and oxygen atoms in total. The molecule has 0 atom stereocenters. The molecular weight excluding hydrogens is 288 g/mol. The van der Waals surface area contributed by atoms with E-state index in [-0.39, 0.29) is 22.6 Å². The Morgan fingerprint density at radius 2 is 0.955 bits per heavy atom. The fourth-order valence-corrected chi connectivity index (χ4v) is 1.94. The van der Waals surface area contributed by atoms with Crippen LogP contribution in [0, 0.1) is 11.3 Å². The molecule has 0 radical (unpaired) electrons. The van der Waals surface area contributed by atoms with Gasteiger partial charge in [-0.1, -0.05) is 32.1 Å². The summed E-state index contributed by atoms with van der Waals surface area (Å²) >= 11 is 0. The Hall–Kier alpha value is -2.37. The fourth-order valence-electron chi connectivity index (χ4n) is 1.94. The Morgan fingerprint density at radius 3 is 1.09 bits per heavy atom. The van der Waals surface area contributed by atoms with Gasteiger partial charge in [-0.15, -0.1) is 0 Å². The second-order valence-corrected chi connectivity index (χ2v) is 5.55. The predicted octanol–water partition coefficient (Wildman–Crippen LogP) is 2.72. The highest BCUT2D eigenvalue weighted by molar-refractivity contribution is 5.89. The lowest BCUT2D eigenvalue weighted by molar-refractivity contribution is -0.133. The lowest BCUT2D eigenvalue weighted by Gasteiger charge is -2.30. The Kier molecular flexibility index (Phi) is 6.77. The minimum Gasteiger partial charge on any atom is -0.478 e. The zero-order valence-electron chi connectivity index (χ0n) is 13.4. The van der Waals surface area contributed by atoms with Gasteiger partial charge < -0.3 is 15.3 Å². The van der Waals surface area contributed by atoms with Crippen LogP contribution in [-0.2, 0) is 14.4 Å². The first kappa shape index (κ1) is 19.6. The van der Waals surface area contributed by atoms with E-state index in [1.807, 2.05) is 0 Å². The van der Waals surface area contributed by atoms with Gasteiger partial charge in [0.15, 0.2) is 0 Å². The molecule has 0 spiro atoms. The van der Waals surface area contributed by atoms with Crippen molar-refractivity contribution in [1.82, 2.24) is 0 Å². The van der Waals surface area contributed by atoms with Crippen LogP contribution in [-0.4, -0.2) is 33.2 Å². The SMILES string of the molecule is CC(=CC(C=C(C)C(=O)O)(C=C(C)C(=O)O)C(C)C)C(=O)O. The van der Waals surface area contributed by atoms with Gasteiger partial charge in [0, 0.05) is 22.1 Å². The van der Waals surface area contributed by atoms with Gasteiger partial charge in [0.25, 0.3) is 0 Å². The van der Waals surface area contributed by atoms with E-state index in [0.29, 0.717) is 0 Å². The van der Waals surface area contributed by atoms with Gasteiger partial charge in [0.1, 0.15) is 0 Å². The molecule has 6 heteroatoms. The molecule has 0 unspecified atom stereocenters. The molecule has 0 heterocycles. The molecule has 22 heavy (non-hydrogen) atoms. The van der Waals surface area contributed by atoms with Crippen molar-refractivity contribution in [2.45, 2.75) is 34.6 Å². The summed E-state index contributed by atoms with van der Waals surface area (Å²) in [5.41, 5.74) is -1.08. The van der Waals surface area contributed by atoms with Gasteiger partial charge in [-0.25, -0.2) is 14.4 Å². The number of rotatable bonds is 7. The number of allylic oxidation sites excluding steroid dienone is 3. The smallest absolute Gasteiger partial charge is 0.330 e. The van der Waals surface area contributed by atoms with Gasteiger partial charge in [-0.2, -0.15) is 0 Å². The van der Waals surface area contributed by atoms with Crippen molar-refractivity contribution in [3.63, 3.8) is 0 Å². The topological polar surface area (TPSA) is 112 Å². The summed E-state index contributed by atoms with van der Waals surface area (Å²) < 4.78 is 0. The summed E-state index contributed by atoms with van der Waals surface area (Å²) in [4.78, 5) is 33.3. The van der Waals surface area contributed by atoms with E-state index in [9.17, 15) is 14.4 Å². The summed E-state index contributed by atoms with van der Waals surface area (Å²) in [5, 5.41) is 27.2. The van der Waals surface area contributed by atoms with Crippen molar-refractivity contribution >= 4 is 17.9 Å². The van der Waals surface area contributed by atoms with E-state index in [1.165, 1.54) is 39.0 Å². The number of hydrogen-bond acceptors (Lipinski definition) is 3. The fraction of sp³-hybridized carbons (Fsp3) is 0.438. The Balaban J connectivity index is 6.46. The molecular formula is C16H22O6. The number of hydrogen-bond donors (Lipinski definition) is 3. The van der Waals surface area contributed by atoms with Crippen molar-refractivity contribution in [3.8, 4) is 0 Å². The van der Waals surface area contributed by atoms with Crippen LogP contribution >= 0.6 is 0 Å². The van der Waals surface area contributed by atoms with Crippen LogP contribution in [0.3, 0.4) is 0 Å². The van der Waals surface area contributed by atoms with Gasteiger partial charge in [-0.05, 0) is 26.7 Å². The summed E-state index contributed by atoms with van der Waals surface area (Å²) in [6.07, 6.45) is 4.16. The lowest BCUT2D eigenvalue weighted by atomic mass is 9.73. The summed E-state index contributed by atoms with van der Waals surface area (Å²) in [7, 11) is 0. The quantitative estimate of drug-likeness (QED) is 0.623. The minimum atomic E-state index is -1.15. The zero-order valence-corrected chi connectivity index (χ0v) is 13.4. The molecule has 0 amide bonds. The molecule has 0 fully saturated rings. The molecule has 0 aromatic rings. The maximum atomic E-state index is 11.1. The average molecular weight is 310 g/mol. The molecule has 0 rings (SSSR count). The highest BCUT2D eigenvalue weighted by atomic mass is 16.4. The van der Waals surface area contributed by atoms with E-state index < -0.39 is 23.3 Å². The maximum Gasteiger partial charge on any atom is 0.330 e. The van der Waals surface area contributed by atoms with Crippen molar-refractivity contribution in [2.75, 3.05) is 0 Å². The average Bonchev–Trinajstić information content (AvgIpc) is 2.37. The normalized spacial score (nSPS) is 16.4. The first-order valence-corrected chi connectivity index (χ1v) is 6.71. The van der Waals surface area contributed by atoms with E-state index in [1.54, 1.807) is 13.8 Å².